The van der Waals surface area contributed by atoms with Crippen molar-refractivity contribution in [2.75, 3.05) is 0 Å². The Labute approximate surface area is 169 Å². The van der Waals surface area contributed by atoms with Crippen LogP contribution >= 0.6 is 23.2 Å². The van der Waals surface area contributed by atoms with Crippen molar-refractivity contribution in [3.63, 3.8) is 0 Å². The Morgan fingerprint density at radius 2 is 2.00 bits per heavy atom. The van der Waals surface area contributed by atoms with Gasteiger partial charge in [0.1, 0.15) is 24.1 Å². The number of halogens is 3. The summed E-state index contributed by atoms with van der Waals surface area (Å²) in [6.07, 6.45) is -0.157. The number of hydrogen-bond donors (Lipinski definition) is 3. The molecule has 0 aliphatic rings. The van der Waals surface area contributed by atoms with Gasteiger partial charge in [-0.05, 0) is 42.0 Å². The highest BCUT2D eigenvalue weighted by Crippen LogP contribution is 2.22. The molecule has 0 radical (unpaired) electrons. The minimum absolute atomic E-state index is 0.00314. The molecule has 0 spiro atoms. The minimum atomic E-state index is -0.622. The predicted molar refractivity (Wildman–Crippen MR) is 101 cm³/mol. The zero-order valence-electron chi connectivity index (χ0n) is 14.4. The van der Waals surface area contributed by atoms with Crippen LogP contribution in [0.2, 0.25) is 10.0 Å². The van der Waals surface area contributed by atoms with Gasteiger partial charge >= 0.3 is 0 Å². The molecule has 0 unspecified atom stereocenters. The van der Waals surface area contributed by atoms with Gasteiger partial charge in [-0.25, -0.2) is 14.1 Å². The molecule has 3 N–H and O–H groups in total. The van der Waals surface area contributed by atoms with Crippen LogP contribution in [-0.2, 0) is 24.5 Å². The number of nitrogens with one attached hydrogen (secondary N) is 1. The number of phenols is 1. The number of benzene rings is 2. The summed E-state index contributed by atoms with van der Waals surface area (Å²) in [6, 6.07) is 8.57. The molecular formula is C18H15Cl2FN4O3. The summed E-state index contributed by atoms with van der Waals surface area (Å²) in [5.41, 5.74) is 0.990. The minimum Gasteiger partial charge on any atom is -0.508 e. The first-order valence-corrected chi connectivity index (χ1v) is 8.86. The number of aliphatic hydroxyl groups is 1. The summed E-state index contributed by atoms with van der Waals surface area (Å²) in [7, 11) is 0. The van der Waals surface area contributed by atoms with Crippen molar-refractivity contribution in [1.82, 2.24) is 20.1 Å². The third-order valence-corrected chi connectivity index (χ3v) is 4.34. The van der Waals surface area contributed by atoms with E-state index in [0.29, 0.717) is 16.1 Å². The molecule has 0 atom stereocenters. The van der Waals surface area contributed by atoms with Crippen LogP contribution in [0.1, 0.15) is 11.4 Å². The Bertz CT molecular complexity index is 1010. The van der Waals surface area contributed by atoms with Crippen molar-refractivity contribution in [2.24, 2.45) is 0 Å². The van der Waals surface area contributed by atoms with Gasteiger partial charge in [-0.2, -0.15) is 0 Å². The van der Waals surface area contributed by atoms with Crippen molar-refractivity contribution >= 4 is 29.1 Å². The number of carbonyl (C=O) groups is 1. The van der Waals surface area contributed by atoms with Crippen LogP contribution in [0.25, 0.3) is 11.4 Å². The average Bonchev–Trinajstić information content (AvgIpc) is 3.04. The molecule has 0 saturated heterocycles. The second-order valence-corrected chi connectivity index (χ2v) is 6.74. The fourth-order valence-corrected chi connectivity index (χ4v) is 2.89. The number of amides is 1. The van der Waals surface area contributed by atoms with Crippen molar-refractivity contribution in [2.45, 2.75) is 19.7 Å². The van der Waals surface area contributed by atoms with Crippen LogP contribution in [0, 0.1) is 5.82 Å². The van der Waals surface area contributed by atoms with E-state index < -0.39 is 12.5 Å². The van der Waals surface area contributed by atoms with E-state index in [1.54, 1.807) is 6.07 Å². The first-order chi connectivity index (χ1) is 13.4. The smallest absolute Gasteiger partial charge is 0.227 e. The molecule has 0 aliphatic heterocycles. The number of rotatable bonds is 6. The van der Waals surface area contributed by atoms with Crippen LogP contribution in [0.3, 0.4) is 0 Å². The highest BCUT2D eigenvalue weighted by molar-refractivity contribution is 6.31. The second kappa shape index (κ2) is 8.55. The monoisotopic (exact) mass is 424 g/mol. The van der Waals surface area contributed by atoms with Crippen LogP contribution in [0.4, 0.5) is 4.39 Å². The van der Waals surface area contributed by atoms with Crippen LogP contribution in [-0.4, -0.2) is 30.9 Å². The van der Waals surface area contributed by atoms with E-state index in [1.165, 1.54) is 30.3 Å². The largest absolute Gasteiger partial charge is 0.508 e. The van der Waals surface area contributed by atoms with E-state index in [2.05, 4.69) is 15.4 Å². The Morgan fingerprint density at radius 3 is 2.68 bits per heavy atom. The fourth-order valence-electron chi connectivity index (χ4n) is 2.52. The maximum Gasteiger partial charge on any atom is 0.227 e. The van der Waals surface area contributed by atoms with Crippen LogP contribution in [0.15, 0.2) is 36.4 Å². The first kappa shape index (κ1) is 20.1. The predicted octanol–water partition coefficient (Wildman–Crippen LogP) is 2.91. The Kier molecular flexibility index (Phi) is 6.13. The molecule has 28 heavy (non-hydrogen) atoms. The summed E-state index contributed by atoms with van der Waals surface area (Å²) < 4.78 is 14.8. The standard InChI is InChI=1S/C18H15Cl2FN4O3/c19-12-3-10(4-13(27)6-12)8-22-17(28)7-16-23-18(24-25(16)9-26)11-1-2-14(20)15(21)5-11/h1-6,26-27H,7-9H2,(H,22,28). The summed E-state index contributed by atoms with van der Waals surface area (Å²) in [6.45, 7) is -0.344. The number of aromatic nitrogens is 3. The maximum atomic E-state index is 13.6. The fraction of sp³-hybridized carbons (Fsp3) is 0.167. The first-order valence-electron chi connectivity index (χ1n) is 8.11. The molecule has 1 amide bonds. The van der Waals surface area contributed by atoms with Gasteiger partial charge in [0, 0.05) is 17.1 Å². The van der Waals surface area contributed by atoms with E-state index in [4.69, 9.17) is 23.2 Å². The summed E-state index contributed by atoms with van der Waals surface area (Å²) in [5, 5.41) is 26.0. The van der Waals surface area contributed by atoms with Crippen molar-refractivity contribution in [1.29, 1.82) is 0 Å². The molecule has 1 aromatic heterocycles. The molecule has 3 rings (SSSR count). The molecule has 146 valence electrons. The molecule has 1 heterocycles. The SMILES string of the molecule is O=C(Cc1nc(-c2ccc(Cl)c(F)c2)nn1CO)NCc1cc(O)cc(Cl)c1. The number of aliphatic hydroxyl groups excluding tert-OH is 1. The van der Waals surface area contributed by atoms with Gasteiger partial charge in [-0.15, -0.1) is 5.10 Å². The third kappa shape index (κ3) is 4.78. The Balaban J connectivity index is 1.71. The quantitative estimate of drug-likeness (QED) is 0.564. The lowest BCUT2D eigenvalue weighted by Crippen LogP contribution is -2.26. The zero-order valence-corrected chi connectivity index (χ0v) is 15.9. The molecule has 0 aliphatic carbocycles. The zero-order chi connectivity index (χ0) is 20.3. The number of carbonyl (C=O) groups excluding carboxylic acids is 1. The lowest BCUT2D eigenvalue weighted by molar-refractivity contribution is -0.120. The topological polar surface area (TPSA) is 100 Å². The number of aromatic hydroxyl groups is 1. The van der Waals surface area contributed by atoms with Crippen molar-refractivity contribution in [3.05, 3.63) is 63.6 Å². The molecule has 10 heteroatoms. The number of hydrogen-bond acceptors (Lipinski definition) is 5. The Morgan fingerprint density at radius 1 is 1.21 bits per heavy atom. The van der Waals surface area contributed by atoms with Gasteiger partial charge in [0.25, 0.3) is 0 Å². The lowest BCUT2D eigenvalue weighted by Gasteiger charge is -2.06. The van der Waals surface area contributed by atoms with Gasteiger partial charge < -0.3 is 15.5 Å². The van der Waals surface area contributed by atoms with Gasteiger partial charge in [0.05, 0.1) is 11.4 Å². The van der Waals surface area contributed by atoms with Gasteiger partial charge in [0.2, 0.25) is 5.91 Å². The normalized spacial score (nSPS) is 10.9. The molecule has 0 fully saturated rings. The third-order valence-electron chi connectivity index (χ3n) is 3.81. The van der Waals surface area contributed by atoms with Crippen LogP contribution < -0.4 is 5.32 Å². The Hall–Kier alpha value is -2.68. The maximum absolute atomic E-state index is 13.6. The van der Waals surface area contributed by atoms with E-state index in [1.807, 2.05) is 0 Å². The van der Waals surface area contributed by atoms with E-state index >= 15 is 0 Å². The molecule has 3 aromatic rings. The summed E-state index contributed by atoms with van der Waals surface area (Å²) in [4.78, 5) is 16.4. The molecule has 7 nitrogen and oxygen atoms in total. The molecule has 0 saturated carbocycles. The van der Waals surface area contributed by atoms with Gasteiger partial charge in [0.15, 0.2) is 5.82 Å². The van der Waals surface area contributed by atoms with Crippen LogP contribution in [0.5, 0.6) is 5.75 Å². The average molecular weight is 425 g/mol. The molecular weight excluding hydrogens is 410 g/mol. The summed E-state index contributed by atoms with van der Waals surface area (Å²) >= 11 is 11.5. The van der Waals surface area contributed by atoms with E-state index in [-0.39, 0.29) is 41.3 Å². The van der Waals surface area contributed by atoms with Crippen molar-refractivity contribution < 1.29 is 19.4 Å². The highest BCUT2D eigenvalue weighted by atomic mass is 35.5. The van der Waals surface area contributed by atoms with Gasteiger partial charge in [-0.1, -0.05) is 23.2 Å². The molecule has 2 aromatic carbocycles. The van der Waals surface area contributed by atoms with Gasteiger partial charge in [-0.3, -0.25) is 4.79 Å². The highest BCUT2D eigenvalue weighted by Gasteiger charge is 2.15. The second-order valence-electron chi connectivity index (χ2n) is 5.89. The molecule has 0 bridgehead atoms. The lowest BCUT2D eigenvalue weighted by atomic mass is 10.2. The number of nitrogens with zero attached hydrogens (tertiary/aromatic N) is 3. The summed E-state index contributed by atoms with van der Waals surface area (Å²) in [5.74, 6) is -0.637. The van der Waals surface area contributed by atoms with Crippen molar-refractivity contribution in [3.8, 4) is 17.1 Å². The number of phenolic OH excluding ortho intramolecular Hbond substituents is 1. The van der Waals surface area contributed by atoms with E-state index in [0.717, 1.165) is 4.68 Å². The van der Waals surface area contributed by atoms with E-state index in [9.17, 15) is 19.4 Å².